The maximum Gasteiger partial charge on any atom is 0.514 e. The van der Waals surface area contributed by atoms with Gasteiger partial charge >= 0.3 is 12.1 Å². The Morgan fingerprint density at radius 1 is 1.20 bits per heavy atom. The Kier molecular flexibility index (Phi) is 3.34. The van der Waals surface area contributed by atoms with E-state index in [0.29, 0.717) is 18.5 Å². The highest BCUT2D eigenvalue weighted by molar-refractivity contribution is 5.89. The molecule has 0 aliphatic carbocycles. The molecule has 5 nitrogen and oxygen atoms in total. The molecule has 0 bridgehead atoms. The molecule has 1 amide bonds. The second kappa shape index (κ2) is 4.59. The number of hydrogen-bond donors (Lipinski definition) is 2. The number of benzene rings is 1. The van der Waals surface area contributed by atoms with Gasteiger partial charge in [-0.15, -0.1) is 0 Å². The second-order valence-corrected chi connectivity index (χ2v) is 6.30. The summed E-state index contributed by atoms with van der Waals surface area (Å²) in [6, 6.07) is 5.16. The Morgan fingerprint density at radius 3 is 2.35 bits per heavy atom. The third kappa shape index (κ3) is 2.08. The minimum absolute atomic E-state index is 0.135. The third-order valence-electron chi connectivity index (χ3n) is 4.34. The average Bonchev–Trinajstić information content (AvgIpc) is 2.35. The van der Waals surface area contributed by atoms with Crippen molar-refractivity contribution in [3.05, 3.63) is 34.9 Å². The smallest absolute Gasteiger partial charge is 0.478 e. The molecule has 1 aliphatic rings. The first kappa shape index (κ1) is 14.5. The van der Waals surface area contributed by atoms with E-state index in [4.69, 9.17) is 0 Å². The van der Waals surface area contributed by atoms with Gasteiger partial charge in [-0.05, 0) is 32.4 Å². The number of carbonyl (C=O) groups is 2. The number of aromatic carboxylic acids is 1. The first-order chi connectivity index (χ1) is 9.19. The molecule has 1 aliphatic heterocycles. The number of fused-ring (bicyclic) bond motifs is 1. The van der Waals surface area contributed by atoms with Crippen molar-refractivity contribution in [2.24, 2.45) is 0 Å². The van der Waals surface area contributed by atoms with Gasteiger partial charge < -0.3 is 10.2 Å². The van der Waals surface area contributed by atoms with Crippen LogP contribution in [0.5, 0.6) is 0 Å². The summed E-state index contributed by atoms with van der Waals surface area (Å²) in [7, 11) is 0. The van der Waals surface area contributed by atoms with Crippen LogP contribution in [-0.4, -0.2) is 38.8 Å². The molecule has 0 spiro atoms. The van der Waals surface area contributed by atoms with Crippen molar-refractivity contribution in [3.63, 3.8) is 0 Å². The molecule has 2 N–H and O–H groups in total. The predicted octanol–water partition coefficient (Wildman–Crippen LogP) is 2.73. The van der Waals surface area contributed by atoms with Crippen LogP contribution in [0.4, 0.5) is 4.79 Å². The number of carboxylic acid groups (broad SMARTS) is 2. The van der Waals surface area contributed by atoms with E-state index in [-0.39, 0.29) is 16.6 Å². The first-order valence-corrected chi connectivity index (χ1v) is 6.64. The van der Waals surface area contributed by atoms with Gasteiger partial charge in [-0.1, -0.05) is 12.1 Å². The largest absolute Gasteiger partial charge is 0.514 e. The Hall–Kier alpha value is -1.88. The number of rotatable bonds is 1. The van der Waals surface area contributed by atoms with Crippen LogP contribution in [0.3, 0.4) is 0 Å². The number of quaternary nitrogens is 1. The molecule has 0 aromatic heterocycles. The predicted molar refractivity (Wildman–Crippen MR) is 73.7 cm³/mol. The summed E-state index contributed by atoms with van der Waals surface area (Å²) in [5.74, 6) is -0.999. The SMILES string of the molecule is CC(C)(C)[N+]1(C(=O)O)CCc2cccc(C(=O)O)c2C1. The fraction of sp³-hybridized carbons (Fsp3) is 0.467. The highest BCUT2D eigenvalue weighted by Gasteiger charge is 2.50. The minimum atomic E-state index is -0.999. The summed E-state index contributed by atoms with van der Waals surface area (Å²) in [5.41, 5.74) is 1.33. The lowest BCUT2D eigenvalue weighted by Gasteiger charge is -2.46. The summed E-state index contributed by atoms with van der Waals surface area (Å²) in [5, 5.41) is 19.0. The molecule has 1 aromatic rings. The van der Waals surface area contributed by atoms with E-state index in [9.17, 15) is 19.8 Å². The minimum Gasteiger partial charge on any atom is -0.478 e. The van der Waals surface area contributed by atoms with Crippen molar-refractivity contribution >= 4 is 12.1 Å². The molecular weight excluding hydrogens is 258 g/mol. The molecule has 1 atom stereocenters. The van der Waals surface area contributed by atoms with Gasteiger partial charge in [0.15, 0.2) is 0 Å². The maximum absolute atomic E-state index is 11.8. The van der Waals surface area contributed by atoms with Crippen molar-refractivity contribution in [3.8, 4) is 0 Å². The van der Waals surface area contributed by atoms with Gasteiger partial charge in [0.05, 0.1) is 12.1 Å². The zero-order valence-electron chi connectivity index (χ0n) is 12.0. The number of hydrogen-bond acceptors (Lipinski definition) is 2. The lowest BCUT2D eigenvalue weighted by atomic mass is 9.89. The van der Waals surface area contributed by atoms with Crippen LogP contribution in [0.1, 0.15) is 42.3 Å². The fourth-order valence-corrected chi connectivity index (χ4v) is 2.94. The highest BCUT2D eigenvalue weighted by Crippen LogP contribution is 2.35. The van der Waals surface area contributed by atoms with Gasteiger partial charge in [-0.25, -0.2) is 9.28 Å². The van der Waals surface area contributed by atoms with E-state index in [1.54, 1.807) is 12.1 Å². The molecular formula is C15H20NO4+. The van der Waals surface area contributed by atoms with Crippen LogP contribution in [0, 0.1) is 0 Å². The lowest BCUT2D eigenvalue weighted by molar-refractivity contribution is -0.917. The van der Waals surface area contributed by atoms with Gasteiger partial charge in [0.25, 0.3) is 0 Å². The van der Waals surface area contributed by atoms with Crippen molar-refractivity contribution in [2.75, 3.05) is 6.54 Å². The van der Waals surface area contributed by atoms with E-state index < -0.39 is 17.6 Å². The van der Waals surface area contributed by atoms with Gasteiger partial charge in [0.2, 0.25) is 0 Å². The molecule has 0 fully saturated rings. The molecule has 0 saturated carbocycles. The summed E-state index contributed by atoms with van der Waals surface area (Å²) in [4.78, 5) is 23.2. The normalized spacial score (nSPS) is 22.1. The Morgan fingerprint density at radius 2 is 1.85 bits per heavy atom. The van der Waals surface area contributed by atoms with Gasteiger partial charge in [0, 0.05) is 12.0 Å². The molecule has 0 saturated heterocycles. The molecule has 108 valence electrons. The number of nitrogens with zero attached hydrogens (tertiary/aromatic N) is 1. The standard InChI is InChI=1S/C15H19NO4/c1-15(2,3)16(14(19)20)8-7-10-5-4-6-11(13(17)18)12(10)9-16/h4-6H,7-9H2,1-3H3,(H-,17,18,19,20)/p+1. The molecule has 2 rings (SSSR count). The van der Waals surface area contributed by atoms with Gasteiger partial charge in [-0.3, -0.25) is 0 Å². The fourth-order valence-electron chi connectivity index (χ4n) is 2.94. The second-order valence-electron chi connectivity index (χ2n) is 6.30. The van der Waals surface area contributed by atoms with E-state index in [1.165, 1.54) is 0 Å². The molecule has 5 heteroatoms. The Balaban J connectivity index is 2.58. The Bertz CT molecular complexity index is 574. The lowest BCUT2D eigenvalue weighted by Crippen LogP contribution is -2.64. The highest BCUT2D eigenvalue weighted by atomic mass is 16.4. The summed E-state index contributed by atoms with van der Waals surface area (Å²) in [6.45, 7) is 6.35. The van der Waals surface area contributed by atoms with Gasteiger partial charge in [0.1, 0.15) is 12.1 Å². The molecule has 1 heterocycles. The van der Waals surface area contributed by atoms with Crippen LogP contribution in [-0.2, 0) is 13.0 Å². The van der Waals surface area contributed by atoms with E-state index in [1.807, 2.05) is 26.8 Å². The van der Waals surface area contributed by atoms with Gasteiger partial charge in [-0.2, -0.15) is 4.79 Å². The van der Waals surface area contributed by atoms with Crippen molar-refractivity contribution in [2.45, 2.75) is 39.3 Å². The van der Waals surface area contributed by atoms with Crippen molar-refractivity contribution in [1.82, 2.24) is 0 Å². The summed E-state index contributed by atoms with van der Waals surface area (Å²) in [6.07, 6.45) is -0.316. The van der Waals surface area contributed by atoms with Crippen LogP contribution in [0.15, 0.2) is 18.2 Å². The number of carboxylic acids is 1. The topological polar surface area (TPSA) is 74.6 Å². The maximum atomic E-state index is 11.8. The third-order valence-corrected chi connectivity index (χ3v) is 4.34. The van der Waals surface area contributed by atoms with E-state index in [2.05, 4.69) is 0 Å². The van der Waals surface area contributed by atoms with Crippen LogP contribution >= 0.6 is 0 Å². The van der Waals surface area contributed by atoms with E-state index in [0.717, 1.165) is 5.56 Å². The van der Waals surface area contributed by atoms with Crippen LogP contribution < -0.4 is 0 Å². The van der Waals surface area contributed by atoms with Crippen LogP contribution in [0.2, 0.25) is 0 Å². The summed E-state index contributed by atoms with van der Waals surface area (Å²) < 4.78 is -0.135. The van der Waals surface area contributed by atoms with E-state index >= 15 is 0 Å². The quantitative estimate of drug-likeness (QED) is 0.775. The monoisotopic (exact) mass is 278 g/mol. The van der Waals surface area contributed by atoms with Crippen molar-refractivity contribution < 1.29 is 24.3 Å². The molecule has 1 aromatic carbocycles. The summed E-state index contributed by atoms with van der Waals surface area (Å²) >= 11 is 0. The van der Waals surface area contributed by atoms with Crippen molar-refractivity contribution in [1.29, 1.82) is 0 Å². The Labute approximate surface area is 118 Å². The number of amides is 1. The van der Waals surface area contributed by atoms with Crippen LogP contribution in [0.25, 0.3) is 0 Å². The average molecular weight is 278 g/mol. The molecule has 1 unspecified atom stereocenters. The zero-order valence-corrected chi connectivity index (χ0v) is 12.0. The zero-order chi connectivity index (χ0) is 15.1. The molecule has 20 heavy (non-hydrogen) atoms. The first-order valence-electron chi connectivity index (χ1n) is 6.64. The molecule has 0 radical (unpaired) electrons.